The summed E-state index contributed by atoms with van der Waals surface area (Å²) in [5, 5.41) is 10.8. The van der Waals surface area contributed by atoms with Gasteiger partial charge in [-0.2, -0.15) is 0 Å². The van der Waals surface area contributed by atoms with Gasteiger partial charge in [-0.25, -0.2) is 0 Å². The zero-order valence-electron chi connectivity index (χ0n) is 7.51. The third-order valence-corrected chi connectivity index (χ3v) is 3.17. The summed E-state index contributed by atoms with van der Waals surface area (Å²) in [6.07, 6.45) is 5.29. The molecular weight excluding hydrogens is 178 g/mol. The molecule has 0 heterocycles. The van der Waals surface area contributed by atoms with E-state index in [4.69, 9.17) is 0 Å². The molecule has 0 saturated heterocycles. The molecule has 1 unspecified atom stereocenters. The Kier molecular flexibility index (Phi) is 1.35. The van der Waals surface area contributed by atoms with E-state index in [-0.39, 0.29) is 10.8 Å². The van der Waals surface area contributed by atoms with Gasteiger partial charge < -0.3 is 0 Å². The van der Waals surface area contributed by atoms with E-state index >= 15 is 0 Å². The van der Waals surface area contributed by atoms with Gasteiger partial charge in [0.15, 0.2) is 0 Å². The molecule has 0 spiro atoms. The fourth-order valence-corrected chi connectivity index (χ4v) is 2.60. The quantitative estimate of drug-likeness (QED) is 0.385. The second kappa shape index (κ2) is 2.44. The molecule has 1 aromatic carbocycles. The Morgan fingerprint density at radius 2 is 2.07 bits per heavy atom. The highest BCUT2D eigenvalue weighted by molar-refractivity contribution is 5.57. The number of hydrogen-bond donors (Lipinski definition) is 0. The number of nitrogens with zero attached hydrogens (tertiary/aromatic N) is 1. The predicted octanol–water partition coefficient (Wildman–Crippen LogP) is 2.74. The van der Waals surface area contributed by atoms with Crippen LogP contribution in [0.4, 0.5) is 5.69 Å². The highest BCUT2D eigenvalue weighted by atomic mass is 16.6. The van der Waals surface area contributed by atoms with Crippen molar-refractivity contribution >= 4 is 5.69 Å². The van der Waals surface area contributed by atoms with Crippen LogP contribution in [0, 0.1) is 10.1 Å². The summed E-state index contributed by atoms with van der Waals surface area (Å²) in [5.41, 5.74) is 2.40. The second-order valence-electron chi connectivity index (χ2n) is 3.87. The fourth-order valence-electron chi connectivity index (χ4n) is 2.60. The Morgan fingerprint density at radius 1 is 1.29 bits per heavy atom. The first-order valence-corrected chi connectivity index (χ1v) is 4.73. The molecule has 0 aliphatic heterocycles. The zero-order chi connectivity index (χ0) is 9.71. The first-order chi connectivity index (χ1) is 6.77. The summed E-state index contributed by atoms with van der Waals surface area (Å²) in [6, 6.07) is 5.40. The topological polar surface area (TPSA) is 43.1 Å². The SMILES string of the molecule is O=[N+]([O-])c1cccc2c1[C@H]1C=CC2C1. The molecule has 0 saturated carbocycles. The Balaban J connectivity index is 2.25. The minimum Gasteiger partial charge on any atom is -0.258 e. The lowest BCUT2D eigenvalue weighted by Crippen LogP contribution is -1.99. The van der Waals surface area contributed by atoms with Crippen LogP contribution in [0.5, 0.6) is 0 Å². The number of hydrogen-bond acceptors (Lipinski definition) is 2. The van der Waals surface area contributed by atoms with Crippen LogP contribution >= 0.6 is 0 Å². The molecule has 70 valence electrons. The van der Waals surface area contributed by atoms with Crippen LogP contribution in [0.15, 0.2) is 30.4 Å². The van der Waals surface area contributed by atoms with E-state index in [1.54, 1.807) is 12.1 Å². The molecule has 3 heteroatoms. The molecule has 0 aromatic heterocycles. The fraction of sp³-hybridized carbons (Fsp3) is 0.273. The van der Waals surface area contributed by atoms with E-state index in [0.717, 1.165) is 17.5 Å². The molecule has 0 radical (unpaired) electrons. The average Bonchev–Trinajstić information content (AvgIpc) is 2.77. The van der Waals surface area contributed by atoms with Crippen molar-refractivity contribution in [2.75, 3.05) is 0 Å². The lowest BCUT2D eigenvalue weighted by Gasteiger charge is -2.09. The minimum absolute atomic E-state index is 0.270. The Bertz CT molecular complexity index is 451. The molecule has 2 aliphatic rings. The molecule has 2 bridgehead atoms. The number of nitro groups is 1. The maximum Gasteiger partial charge on any atom is 0.273 e. The first-order valence-electron chi connectivity index (χ1n) is 4.73. The summed E-state index contributed by atoms with van der Waals surface area (Å²) in [7, 11) is 0. The summed E-state index contributed by atoms with van der Waals surface area (Å²) in [6.45, 7) is 0. The Hall–Kier alpha value is -1.64. The molecule has 2 atom stereocenters. The van der Waals surface area contributed by atoms with Crippen LogP contribution in [0.25, 0.3) is 0 Å². The second-order valence-corrected chi connectivity index (χ2v) is 3.87. The van der Waals surface area contributed by atoms with Crippen LogP contribution in [-0.4, -0.2) is 4.92 Å². The third kappa shape index (κ3) is 0.816. The summed E-state index contributed by atoms with van der Waals surface area (Å²) < 4.78 is 0. The van der Waals surface area contributed by atoms with Gasteiger partial charge in [0.05, 0.1) is 4.92 Å². The summed E-state index contributed by atoms with van der Waals surface area (Å²) in [5.74, 6) is 0.714. The van der Waals surface area contributed by atoms with Crippen LogP contribution in [0.2, 0.25) is 0 Å². The number of allylic oxidation sites excluding steroid dienone is 2. The standard InChI is InChI=1S/C11H9NO2/c13-12(14)10-3-1-2-9-7-4-5-8(6-7)11(9)10/h1-5,7-8H,6H2/t7?,8-/m0/s1. The van der Waals surface area contributed by atoms with Crippen molar-refractivity contribution in [1.29, 1.82) is 0 Å². The van der Waals surface area contributed by atoms with Gasteiger partial charge in [0.25, 0.3) is 5.69 Å². The molecular formula is C11H9NO2. The predicted molar refractivity (Wildman–Crippen MR) is 52.3 cm³/mol. The van der Waals surface area contributed by atoms with E-state index in [1.807, 2.05) is 6.07 Å². The van der Waals surface area contributed by atoms with Gasteiger partial charge in [-0.05, 0) is 12.0 Å². The van der Waals surface area contributed by atoms with Gasteiger partial charge in [0.2, 0.25) is 0 Å². The average molecular weight is 187 g/mol. The van der Waals surface area contributed by atoms with Crippen LogP contribution in [-0.2, 0) is 0 Å². The van der Waals surface area contributed by atoms with E-state index < -0.39 is 0 Å². The third-order valence-electron chi connectivity index (χ3n) is 3.17. The largest absolute Gasteiger partial charge is 0.273 e. The van der Waals surface area contributed by atoms with Crippen molar-refractivity contribution in [3.63, 3.8) is 0 Å². The van der Waals surface area contributed by atoms with Gasteiger partial charge in [-0.3, -0.25) is 10.1 Å². The van der Waals surface area contributed by atoms with Crippen molar-refractivity contribution < 1.29 is 4.92 Å². The molecule has 1 aromatic rings. The van der Waals surface area contributed by atoms with E-state index in [2.05, 4.69) is 12.2 Å². The number of rotatable bonds is 1. The first kappa shape index (κ1) is 7.74. The van der Waals surface area contributed by atoms with Gasteiger partial charge in [-0.15, -0.1) is 0 Å². The zero-order valence-corrected chi connectivity index (χ0v) is 7.51. The van der Waals surface area contributed by atoms with Crippen LogP contribution in [0.3, 0.4) is 0 Å². The van der Waals surface area contributed by atoms with E-state index in [0.29, 0.717) is 11.6 Å². The molecule has 14 heavy (non-hydrogen) atoms. The van der Waals surface area contributed by atoms with Gasteiger partial charge >= 0.3 is 0 Å². The molecule has 0 N–H and O–H groups in total. The van der Waals surface area contributed by atoms with Gasteiger partial charge in [-0.1, -0.05) is 24.3 Å². The summed E-state index contributed by atoms with van der Waals surface area (Å²) >= 11 is 0. The molecule has 3 rings (SSSR count). The van der Waals surface area contributed by atoms with E-state index in [9.17, 15) is 10.1 Å². The van der Waals surface area contributed by atoms with E-state index in [1.165, 1.54) is 0 Å². The summed E-state index contributed by atoms with van der Waals surface area (Å²) in [4.78, 5) is 10.5. The molecule has 0 amide bonds. The van der Waals surface area contributed by atoms with Crippen LogP contribution in [0.1, 0.15) is 29.4 Å². The molecule has 2 aliphatic carbocycles. The van der Waals surface area contributed by atoms with Gasteiger partial charge in [0, 0.05) is 23.5 Å². The van der Waals surface area contributed by atoms with Crippen molar-refractivity contribution in [1.82, 2.24) is 0 Å². The monoisotopic (exact) mass is 187 g/mol. The molecule has 0 fully saturated rings. The number of fused-ring (bicyclic) bond motifs is 5. The maximum absolute atomic E-state index is 10.8. The van der Waals surface area contributed by atoms with Crippen molar-refractivity contribution in [3.05, 3.63) is 51.6 Å². The lowest BCUT2D eigenvalue weighted by molar-refractivity contribution is -0.385. The van der Waals surface area contributed by atoms with Crippen molar-refractivity contribution in [3.8, 4) is 0 Å². The van der Waals surface area contributed by atoms with Crippen LogP contribution < -0.4 is 0 Å². The number of nitro benzene ring substituents is 1. The Morgan fingerprint density at radius 3 is 2.86 bits per heavy atom. The lowest BCUT2D eigenvalue weighted by atomic mass is 9.95. The maximum atomic E-state index is 10.8. The highest BCUT2D eigenvalue weighted by Gasteiger charge is 2.37. The van der Waals surface area contributed by atoms with Gasteiger partial charge in [0.1, 0.15) is 0 Å². The smallest absolute Gasteiger partial charge is 0.258 e. The normalized spacial score (nSPS) is 26.6. The van der Waals surface area contributed by atoms with Crippen molar-refractivity contribution in [2.45, 2.75) is 18.3 Å². The Labute approximate surface area is 81.2 Å². The number of benzene rings is 1. The molecule has 3 nitrogen and oxygen atoms in total. The highest BCUT2D eigenvalue weighted by Crippen LogP contribution is 2.51. The minimum atomic E-state index is -0.270. The van der Waals surface area contributed by atoms with Crippen molar-refractivity contribution in [2.24, 2.45) is 0 Å².